The third kappa shape index (κ3) is 6.92. The van der Waals surface area contributed by atoms with Crippen molar-refractivity contribution >= 4 is 28.4 Å². The first-order valence-corrected chi connectivity index (χ1v) is 18.0. The summed E-state index contributed by atoms with van der Waals surface area (Å²) in [6.07, 6.45) is 16.7. The minimum Gasteiger partial charge on any atom is -0.314 e. The highest BCUT2D eigenvalue weighted by Crippen LogP contribution is 2.47. The molecule has 0 radical (unpaired) electrons. The number of nitrogens with zero attached hydrogens (tertiary/aromatic N) is 2. The quantitative estimate of drug-likeness (QED) is 0.166. The minimum atomic E-state index is -0.00364. The van der Waals surface area contributed by atoms with Crippen LogP contribution in [0.5, 0.6) is 0 Å². The van der Waals surface area contributed by atoms with Gasteiger partial charge in [-0.05, 0) is 118 Å². The Kier molecular flexibility index (Phi) is 9.40. The number of hydrogen-bond donors (Lipinski definition) is 0. The molecule has 5 aromatic rings. The second-order valence-electron chi connectivity index (χ2n) is 14.1. The molecule has 1 saturated carbocycles. The molecule has 0 unspecified atom stereocenters. The number of rotatable bonds is 8. The number of benzene rings is 5. The number of aryl methyl sites for hydroxylation is 4. The van der Waals surface area contributed by atoms with Gasteiger partial charge in [0.05, 0.1) is 0 Å². The van der Waals surface area contributed by atoms with Crippen LogP contribution in [-0.2, 0) is 5.41 Å². The molecular weight excluding hydrogens is 593 g/mol. The summed E-state index contributed by atoms with van der Waals surface area (Å²) in [5.74, 6) is 0. The summed E-state index contributed by atoms with van der Waals surface area (Å²) < 4.78 is 0. The van der Waals surface area contributed by atoms with Gasteiger partial charge in [0.1, 0.15) is 0 Å². The van der Waals surface area contributed by atoms with Crippen molar-refractivity contribution in [1.29, 1.82) is 0 Å². The van der Waals surface area contributed by atoms with E-state index in [1.165, 1.54) is 99.6 Å². The van der Waals surface area contributed by atoms with E-state index in [2.05, 4.69) is 183 Å². The van der Waals surface area contributed by atoms with Crippen molar-refractivity contribution in [3.05, 3.63) is 185 Å². The summed E-state index contributed by atoms with van der Waals surface area (Å²) in [5, 5.41) is 0. The summed E-state index contributed by atoms with van der Waals surface area (Å²) in [4.78, 5) is 4.80. The van der Waals surface area contributed by atoms with Crippen LogP contribution in [0.2, 0.25) is 0 Å². The van der Waals surface area contributed by atoms with Gasteiger partial charge in [-0.1, -0.05) is 120 Å². The van der Waals surface area contributed by atoms with E-state index < -0.39 is 0 Å². The Bertz CT molecular complexity index is 1860. The minimum absolute atomic E-state index is 0.00364. The van der Waals surface area contributed by atoms with E-state index in [0.717, 1.165) is 6.42 Å². The lowest BCUT2D eigenvalue weighted by atomic mass is 9.64. The molecule has 2 aliphatic carbocycles. The Labute approximate surface area is 293 Å². The fourth-order valence-corrected chi connectivity index (χ4v) is 7.63. The van der Waals surface area contributed by atoms with Crippen LogP contribution in [0.4, 0.5) is 28.4 Å². The van der Waals surface area contributed by atoms with Crippen LogP contribution < -0.4 is 9.80 Å². The van der Waals surface area contributed by atoms with Crippen LogP contribution in [0.15, 0.2) is 157 Å². The molecule has 246 valence electrons. The van der Waals surface area contributed by atoms with Crippen molar-refractivity contribution in [2.45, 2.75) is 71.6 Å². The van der Waals surface area contributed by atoms with Gasteiger partial charge in [0.15, 0.2) is 0 Å². The molecule has 1 fully saturated rings. The summed E-state index contributed by atoms with van der Waals surface area (Å²) in [6.45, 7) is 8.61. The van der Waals surface area contributed by atoms with Crippen molar-refractivity contribution in [3.63, 3.8) is 0 Å². The maximum atomic E-state index is 2.43. The fourth-order valence-electron chi connectivity index (χ4n) is 7.63. The lowest BCUT2D eigenvalue weighted by molar-refractivity contribution is 0.345. The van der Waals surface area contributed by atoms with Crippen molar-refractivity contribution < 1.29 is 0 Å². The summed E-state index contributed by atoms with van der Waals surface area (Å²) in [6, 6.07) is 45.0. The highest BCUT2D eigenvalue weighted by atomic mass is 15.1. The first-order chi connectivity index (χ1) is 23.9. The lowest BCUT2D eigenvalue weighted by Crippen LogP contribution is -2.31. The summed E-state index contributed by atoms with van der Waals surface area (Å²) in [7, 11) is 0. The highest BCUT2D eigenvalue weighted by molar-refractivity contribution is 5.77. The maximum Gasteiger partial charge on any atom is 0.0461 e. The van der Waals surface area contributed by atoms with Crippen LogP contribution in [0.1, 0.15) is 66.3 Å². The van der Waals surface area contributed by atoms with E-state index in [0.29, 0.717) is 0 Å². The Hall–Kier alpha value is -5.08. The first kappa shape index (κ1) is 32.5. The number of allylic oxidation sites excluding steroid dienone is 5. The number of anilines is 5. The molecule has 0 saturated heterocycles. The predicted octanol–water partition coefficient (Wildman–Crippen LogP) is 13.2. The molecule has 0 aromatic heterocycles. The molecule has 2 aliphatic rings. The monoisotopic (exact) mass is 640 g/mol. The van der Waals surface area contributed by atoms with E-state index in [-0.39, 0.29) is 5.41 Å². The first-order valence-electron chi connectivity index (χ1n) is 18.0. The van der Waals surface area contributed by atoms with Gasteiger partial charge < -0.3 is 9.80 Å². The molecule has 49 heavy (non-hydrogen) atoms. The van der Waals surface area contributed by atoms with E-state index in [1.54, 1.807) is 0 Å². The smallest absolute Gasteiger partial charge is 0.0461 e. The van der Waals surface area contributed by atoms with Crippen molar-refractivity contribution in [3.8, 4) is 0 Å². The topological polar surface area (TPSA) is 6.48 Å². The second kappa shape index (κ2) is 14.2. The van der Waals surface area contributed by atoms with Gasteiger partial charge in [0, 0.05) is 46.0 Å². The molecule has 0 N–H and O–H groups in total. The Balaban J connectivity index is 1.26. The molecule has 7 rings (SSSR count). The average molecular weight is 641 g/mol. The van der Waals surface area contributed by atoms with Crippen molar-refractivity contribution in [2.75, 3.05) is 9.80 Å². The highest BCUT2D eigenvalue weighted by Gasteiger charge is 2.37. The third-order valence-electron chi connectivity index (χ3n) is 10.5. The van der Waals surface area contributed by atoms with Crippen LogP contribution in [0, 0.1) is 27.7 Å². The van der Waals surface area contributed by atoms with Crippen LogP contribution in [0.25, 0.3) is 0 Å². The van der Waals surface area contributed by atoms with Gasteiger partial charge in [-0.2, -0.15) is 0 Å². The summed E-state index contributed by atoms with van der Waals surface area (Å²) in [5.41, 5.74) is 15.1. The van der Waals surface area contributed by atoms with Gasteiger partial charge in [0.25, 0.3) is 0 Å². The molecule has 0 spiro atoms. The Morgan fingerprint density at radius 3 is 1.24 bits per heavy atom. The van der Waals surface area contributed by atoms with Gasteiger partial charge in [-0.15, -0.1) is 0 Å². The van der Waals surface area contributed by atoms with Crippen LogP contribution in [0.3, 0.4) is 0 Å². The second-order valence-corrected chi connectivity index (χ2v) is 14.1. The zero-order chi connectivity index (χ0) is 33.8. The van der Waals surface area contributed by atoms with Crippen LogP contribution >= 0.6 is 0 Å². The molecule has 0 aliphatic heterocycles. The van der Waals surface area contributed by atoms with Crippen LogP contribution in [-0.4, -0.2) is 0 Å². The molecule has 2 heteroatoms. The van der Waals surface area contributed by atoms with Crippen molar-refractivity contribution in [2.24, 2.45) is 0 Å². The fraction of sp³-hybridized carbons (Fsp3) is 0.234. The standard InChI is InChI=1S/C47H48N2/c1-35-11-22-42(23-12-35)48(43-24-13-36(2)14-25-43)41-10-8-9-39(19-30-41)47(33-6-5-7-34-47)40-20-31-46(32-21-40)49(44-26-15-37(3)16-27-44)45-28-17-38(4)18-29-45/h8-9,11-32H,5-7,10,33-34H2,1-4H3. The zero-order valence-corrected chi connectivity index (χ0v) is 29.5. The maximum absolute atomic E-state index is 2.43. The largest absolute Gasteiger partial charge is 0.314 e. The Morgan fingerprint density at radius 2 is 0.816 bits per heavy atom. The molecule has 0 atom stereocenters. The van der Waals surface area contributed by atoms with E-state index >= 15 is 0 Å². The van der Waals surface area contributed by atoms with Gasteiger partial charge >= 0.3 is 0 Å². The molecule has 0 heterocycles. The average Bonchev–Trinajstić information content (AvgIpc) is 3.39. The Morgan fingerprint density at radius 1 is 0.429 bits per heavy atom. The molecule has 2 nitrogen and oxygen atoms in total. The molecule has 0 bridgehead atoms. The SMILES string of the molecule is Cc1ccc(N(C2=CC=C(C3(c4ccc(N(c5ccc(C)cc5)c5ccc(C)cc5)cc4)CCCCC3)C=CC2)c2ccc(C)cc2)cc1. The van der Waals surface area contributed by atoms with E-state index in [1.807, 2.05) is 0 Å². The summed E-state index contributed by atoms with van der Waals surface area (Å²) >= 11 is 0. The van der Waals surface area contributed by atoms with Gasteiger partial charge in [0.2, 0.25) is 0 Å². The molecular formula is C47H48N2. The van der Waals surface area contributed by atoms with Gasteiger partial charge in [-0.25, -0.2) is 0 Å². The van der Waals surface area contributed by atoms with E-state index in [4.69, 9.17) is 0 Å². The van der Waals surface area contributed by atoms with Gasteiger partial charge in [-0.3, -0.25) is 0 Å². The molecule has 0 amide bonds. The normalized spacial score (nSPS) is 15.6. The lowest BCUT2D eigenvalue weighted by Gasteiger charge is -2.39. The third-order valence-corrected chi connectivity index (χ3v) is 10.5. The van der Waals surface area contributed by atoms with Crippen molar-refractivity contribution in [1.82, 2.24) is 0 Å². The molecule has 5 aromatic carbocycles. The predicted molar refractivity (Wildman–Crippen MR) is 210 cm³/mol. The number of hydrogen-bond acceptors (Lipinski definition) is 2. The van der Waals surface area contributed by atoms with E-state index in [9.17, 15) is 0 Å². The zero-order valence-electron chi connectivity index (χ0n) is 29.5.